The van der Waals surface area contributed by atoms with E-state index in [9.17, 15) is 19.0 Å². The van der Waals surface area contributed by atoms with E-state index in [1.54, 1.807) is 4.90 Å². The van der Waals surface area contributed by atoms with E-state index in [0.29, 0.717) is 43.6 Å². The fourth-order valence-corrected chi connectivity index (χ4v) is 6.35. The van der Waals surface area contributed by atoms with Gasteiger partial charge in [0, 0.05) is 44.1 Å². The molecule has 2 atom stereocenters. The number of nitrogens with zero attached hydrogens (tertiary/aromatic N) is 3. The fourth-order valence-electron chi connectivity index (χ4n) is 5.12. The Morgan fingerprint density at radius 1 is 1.04 bits per heavy atom. The summed E-state index contributed by atoms with van der Waals surface area (Å²) in [6, 6.07) is 8.63. The molecule has 0 aliphatic carbocycles. The number of carboxylic acid groups (broad SMARTS) is 1. The lowest BCUT2D eigenvalue weighted by molar-refractivity contribution is 0.142. The summed E-state index contributed by atoms with van der Waals surface area (Å²) in [7, 11) is -2.39. The topological polar surface area (TPSA) is 87.5 Å². The van der Waals surface area contributed by atoms with E-state index in [1.807, 2.05) is 0 Å². The van der Waals surface area contributed by atoms with Crippen LogP contribution in [0.4, 0.5) is 16.2 Å². The average molecular weight is 410 g/mol. The average Bonchev–Trinajstić information content (AvgIpc) is 2.89. The van der Waals surface area contributed by atoms with Gasteiger partial charge in [-0.1, -0.05) is 13.8 Å². The van der Waals surface area contributed by atoms with Crippen molar-refractivity contribution in [1.29, 1.82) is 0 Å². The zero-order valence-corrected chi connectivity index (χ0v) is 17.4. The Morgan fingerprint density at radius 3 is 2.25 bits per heavy atom. The number of hydrogen-bond acceptors (Lipinski definition) is 5. The molecule has 0 aromatic heterocycles. The lowest BCUT2D eigenvalue weighted by Gasteiger charge is -2.48. The number of piperidine rings is 1. The predicted octanol–water partition coefficient (Wildman–Crippen LogP) is 3.47. The summed E-state index contributed by atoms with van der Waals surface area (Å²) in [5.74, 6) is 1.21. The molecule has 5 rings (SSSR count). The van der Waals surface area contributed by atoms with Gasteiger partial charge in [0.25, 0.3) is 0 Å². The molecule has 4 fully saturated rings. The van der Waals surface area contributed by atoms with Gasteiger partial charge in [-0.25, -0.2) is 4.79 Å². The number of rotatable bonds is 2. The summed E-state index contributed by atoms with van der Waals surface area (Å²) in [6.07, 6.45) is 0.233. The SMILES string of the molecule is CC1(C)C[C@@H]2CN(C(=O)O)C[C@H]1N(c1ccc(N3CCS(O)(O)CC3)cc1)C2. The Hall–Kier alpha value is -1.64. The maximum Gasteiger partial charge on any atom is 0.407 e. The van der Waals surface area contributed by atoms with Crippen molar-refractivity contribution in [2.24, 2.45) is 11.3 Å². The van der Waals surface area contributed by atoms with Crippen LogP contribution in [-0.4, -0.2) is 75.5 Å². The second kappa shape index (κ2) is 7.00. The molecule has 4 saturated heterocycles. The second-order valence-electron chi connectivity index (χ2n) is 9.13. The largest absolute Gasteiger partial charge is 0.465 e. The second-order valence-corrected chi connectivity index (χ2v) is 11.5. The number of fused-ring (bicyclic) bond motifs is 4. The summed E-state index contributed by atoms with van der Waals surface area (Å²) >= 11 is 0. The van der Waals surface area contributed by atoms with Crippen LogP contribution < -0.4 is 9.80 Å². The van der Waals surface area contributed by atoms with Crippen molar-refractivity contribution in [1.82, 2.24) is 4.90 Å². The summed E-state index contributed by atoms with van der Waals surface area (Å²) < 4.78 is 19.6. The van der Waals surface area contributed by atoms with E-state index in [2.05, 4.69) is 47.9 Å². The molecule has 1 amide bonds. The lowest BCUT2D eigenvalue weighted by atomic mass is 9.73. The number of anilines is 2. The van der Waals surface area contributed by atoms with Crippen LogP contribution in [0.25, 0.3) is 0 Å². The molecule has 1 aromatic carbocycles. The summed E-state index contributed by atoms with van der Waals surface area (Å²) in [5.41, 5.74) is 2.30. The molecule has 28 heavy (non-hydrogen) atoms. The van der Waals surface area contributed by atoms with Crippen molar-refractivity contribution in [3.8, 4) is 0 Å². The van der Waals surface area contributed by atoms with Gasteiger partial charge >= 0.3 is 6.09 Å². The molecule has 0 radical (unpaired) electrons. The quantitative estimate of drug-likeness (QED) is 0.693. The first-order valence-electron chi connectivity index (χ1n) is 9.98. The molecule has 7 nitrogen and oxygen atoms in total. The lowest BCUT2D eigenvalue weighted by Crippen LogP contribution is -2.54. The van der Waals surface area contributed by atoms with Gasteiger partial charge in [0.05, 0.1) is 17.5 Å². The van der Waals surface area contributed by atoms with E-state index in [-0.39, 0.29) is 11.5 Å². The Labute approximate surface area is 168 Å². The number of carbonyl (C=O) groups is 1. The van der Waals surface area contributed by atoms with Gasteiger partial charge in [0.2, 0.25) is 0 Å². The molecular formula is C20H31N3O4S. The third kappa shape index (κ3) is 3.77. The molecule has 156 valence electrons. The highest BCUT2D eigenvalue weighted by Gasteiger charge is 2.46. The maximum absolute atomic E-state index is 11.6. The molecule has 1 aromatic rings. The van der Waals surface area contributed by atoms with Gasteiger partial charge in [-0.15, -0.1) is 0 Å². The molecule has 8 heteroatoms. The highest BCUT2D eigenvalue weighted by molar-refractivity contribution is 8.24. The first-order chi connectivity index (χ1) is 13.1. The molecule has 0 saturated carbocycles. The first kappa shape index (κ1) is 19.7. The van der Waals surface area contributed by atoms with Crippen molar-refractivity contribution in [2.75, 3.05) is 54.0 Å². The molecular weight excluding hydrogens is 378 g/mol. The van der Waals surface area contributed by atoms with Crippen LogP contribution in [0.3, 0.4) is 0 Å². The highest BCUT2D eigenvalue weighted by atomic mass is 32.3. The number of amides is 1. The molecule has 0 unspecified atom stereocenters. The maximum atomic E-state index is 11.6. The van der Waals surface area contributed by atoms with E-state index in [0.717, 1.165) is 24.3 Å². The number of benzene rings is 1. The van der Waals surface area contributed by atoms with Crippen LogP contribution >= 0.6 is 10.6 Å². The summed E-state index contributed by atoms with van der Waals surface area (Å²) in [6.45, 7) is 7.88. The van der Waals surface area contributed by atoms with E-state index in [1.165, 1.54) is 0 Å². The minimum absolute atomic E-state index is 0.0625. The summed E-state index contributed by atoms with van der Waals surface area (Å²) in [5, 5.41) is 9.54. The molecule has 4 heterocycles. The van der Waals surface area contributed by atoms with Crippen LogP contribution in [0.2, 0.25) is 0 Å². The minimum Gasteiger partial charge on any atom is -0.465 e. The van der Waals surface area contributed by atoms with Crippen molar-refractivity contribution < 1.29 is 19.0 Å². The van der Waals surface area contributed by atoms with E-state index in [4.69, 9.17) is 0 Å². The van der Waals surface area contributed by atoms with Crippen LogP contribution in [-0.2, 0) is 0 Å². The monoisotopic (exact) mass is 409 g/mol. The van der Waals surface area contributed by atoms with Gasteiger partial charge in [-0.05, 0) is 42.0 Å². The van der Waals surface area contributed by atoms with Crippen LogP contribution in [0.5, 0.6) is 0 Å². The normalized spacial score (nSPS) is 30.1. The van der Waals surface area contributed by atoms with Crippen molar-refractivity contribution >= 4 is 28.1 Å². The Kier molecular flexibility index (Phi) is 4.92. The number of hydrogen-bond donors (Lipinski definition) is 3. The fraction of sp³-hybridized carbons (Fsp3) is 0.650. The summed E-state index contributed by atoms with van der Waals surface area (Å²) in [4.78, 5) is 17.8. The minimum atomic E-state index is -2.39. The molecule has 4 aliphatic rings. The van der Waals surface area contributed by atoms with Gasteiger partial charge in [0.15, 0.2) is 0 Å². The first-order valence-corrected chi connectivity index (χ1v) is 11.9. The van der Waals surface area contributed by atoms with Crippen LogP contribution in [0.15, 0.2) is 24.3 Å². The highest BCUT2D eigenvalue weighted by Crippen LogP contribution is 2.44. The zero-order chi connectivity index (χ0) is 20.1. The van der Waals surface area contributed by atoms with E-state index < -0.39 is 16.7 Å². The van der Waals surface area contributed by atoms with Crippen LogP contribution in [0.1, 0.15) is 20.3 Å². The van der Waals surface area contributed by atoms with E-state index >= 15 is 0 Å². The smallest absolute Gasteiger partial charge is 0.407 e. The molecule has 4 aliphatic heterocycles. The Balaban J connectivity index is 1.53. The van der Waals surface area contributed by atoms with Gasteiger partial charge in [-0.3, -0.25) is 9.11 Å². The van der Waals surface area contributed by atoms with Crippen LogP contribution in [0, 0.1) is 11.3 Å². The Morgan fingerprint density at radius 2 is 1.64 bits per heavy atom. The standard InChI is InChI=1S/C20H31N3O4S/c1-20(2)11-15-12-22(19(24)25)14-18(20)23(13-15)17-5-3-16(4-6-17)21-7-9-28(26,27)10-8-21/h3-6,15,18,26-27H,7-14H2,1-2H3,(H,24,25)/t15-,18-/m1/s1. The third-order valence-electron chi connectivity index (χ3n) is 6.61. The van der Waals surface area contributed by atoms with Gasteiger partial charge in [-0.2, -0.15) is 10.6 Å². The van der Waals surface area contributed by atoms with Gasteiger partial charge in [0.1, 0.15) is 0 Å². The predicted molar refractivity (Wildman–Crippen MR) is 114 cm³/mol. The van der Waals surface area contributed by atoms with Gasteiger partial charge < -0.3 is 19.8 Å². The third-order valence-corrected chi connectivity index (χ3v) is 8.29. The van der Waals surface area contributed by atoms with Crippen molar-refractivity contribution in [2.45, 2.75) is 26.3 Å². The molecule has 3 N–H and O–H groups in total. The zero-order valence-electron chi connectivity index (χ0n) is 16.6. The van der Waals surface area contributed by atoms with Crippen molar-refractivity contribution in [3.05, 3.63) is 24.3 Å². The Bertz CT molecular complexity index is 729. The van der Waals surface area contributed by atoms with Crippen molar-refractivity contribution in [3.63, 3.8) is 0 Å². The molecule has 0 spiro atoms. The molecule has 2 bridgehead atoms.